The van der Waals surface area contributed by atoms with Crippen molar-refractivity contribution in [2.45, 2.75) is 6.42 Å². The molecule has 6 nitrogen and oxygen atoms in total. The molecule has 0 N–H and O–H groups in total. The number of carbonyl (C=O) groups excluding carboxylic acids is 2. The highest BCUT2D eigenvalue weighted by Crippen LogP contribution is 2.22. The number of aromatic nitrogens is 2. The minimum absolute atomic E-state index is 0. The van der Waals surface area contributed by atoms with E-state index < -0.39 is 5.97 Å². The highest BCUT2D eigenvalue weighted by molar-refractivity contribution is 6.10. The fourth-order valence-electron chi connectivity index (χ4n) is 3.38. The minimum Gasteiger partial charge on any atom is -0.462 e. The van der Waals surface area contributed by atoms with Gasteiger partial charge in [-0.25, -0.2) is 14.8 Å². The van der Waals surface area contributed by atoms with Gasteiger partial charge in [-0.15, -0.1) is 12.4 Å². The lowest BCUT2D eigenvalue weighted by Gasteiger charge is -2.10. The summed E-state index contributed by atoms with van der Waals surface area (Å²) in [4.78, 5) is 36.7. The maximum absolute atomic E-state index is 12.8. The molecular weight excluding hydrogens is 426 g/mol. The summed E-state index contributed by atoms with van der Waals surface area (Å²) in [5, 5.41) is 0. The number of ketones is 1. The number of rotatable bonds is 7. The van der Waals surface area contributed by atoms with Gasteiger partial charge in [0, 0.05) is 17.7 Å². The first-order chi connectivity index (χ1) is 15.0. The number of carbonyl (C=O) groups is 2. The van der Waals surface area contributed by atoms with Gasteiger partial charge >= 0.3 is 5.97 Å². The zero-order valence-corrected chi connectivity index (χ0v) is 18.8. The number of hydrogen-bond donors (Lipinski definition) is 0. The van der Waals surface area contributed by atoms with Gasteiger partial charge in [-0.2, -0.15) is 0 Å². The molecule has 0 aliphatic rings. The number of ether oxygens (including phenoxy) is 1. The third-order valence-electron chi connectivity index (χ3n) is 4.96. The Bertz CT molecular complexity index is 1260. The summed E-state index contributed by atoms with van der Waals surface area (Å²) in [6.45, 7) is 1.19. The number of halogens is 1. The van der Waals surface area contributed by atoms with Gasteiger partial charge in [0.25, 0.3) is 0 Å². The predicted molar refractivity (Wildman–Crippen MR) is 128 cm³/mol. The normalized spacial score (nSPS) is 10.8. The highest BCUT2D eigenvalue weighted by atomic mass is 35.5. The fraction of sp³-hybridized carbons (Fsp3) is 0.200. The molecule has 1 aromatic heterocycles. The van der Waals surface area contributed by atoms with Crippen LogP contribution in [0, 0.1) is 0 Å². The lowest BCUT2D eigenvalue weighted by atomic mass is 10.0. The van der Waals surface area contributed by atoms with E-state index in [4.69, 9.17) is 4.74 Å². The molecule has 0 aliphatic heterocycles. The van der Waals surface area contributed by atoms with Crippen molar-refractivity contribution in [3.8, 4) is 0 Å². The van der Waals surface area contributed by atoms with E-state index in [-0.39, 0.29) is 18.2 Å². The molecule has 32 heavy (non-hydrogen) atoms. The summed E-state index contributed by atoms with van der Waals surface area (Å²) in [6.07, 6.45) is 0.760. The Balaban J connectivity index is 0.00000289. The molecule has 0 atom stereocenters. The van der Waals surface area contributed by atoms with Crippen molar-refractivity contribution in [3.63, 3.8) is 0 Å². The molecule has 4 aromatic rings. The van der Waals surface area contributed by atoms with Crippen molar-refractivity contribution in [1.29, 1.82) is 0 Å². The topological polar surface area (TPSA) is 72.4 Å². The van der Waals surface area contributed by atoms with Crippen molar-refractivity contribution in [2.75, 3.05) is 27.2 Å². The van der Waals surface area contributed by atoms with Gasteiger partial charge in [0.1, 0.15) is 5.52 Å². The number of benzene rings is 3. The molecular formula is C25H24ClN3O3. The third kappa shape index (κ3) is 5.10. The Morgan fingerprint density at radius 3 is 2.38 bits per heavy atom. The van der Waals surface area contributed by atoms with Crippen LogP contribution in [0.3, 0.4) is 0 Å². The molecule has 7 heteroatoms. The van der Waals surface area contributed by atoms with Crippen LogP contribution in [0.15, 0.2) is 66.7 Å². The first kappa shape index (κ1) is 23.3. The van der Waals surface area contributed by atoms with Crippen LogP contribution in [-0.4, -0.2) is 53.9 Å². The van der Waals surface area contributed by atoms with Crippen molar-refractivity contribution in [3.05, 3.63) is 83.4 Å². The molecule has 0 aliphatic carbocycles. The zero-order valence-electron chi connectivity index (χ0n) is 17.9. The first-order valence-electron chi connectivity index (χ1n) is 10.1. The average molecular weight is 450 g/mol. The van der Waals surface area contributed by atoms with Gasteiger partial charge in [0.15, 0.2) is 5.78 Å². The van der Waals surface area contributed by atoms with Gasteiger partial charge in [-0.05, 0) is 50.8 Å². The van der Waals surface area contributed by atoms with E-state index in [1.165, 1.54) is 0 Å². The summed E-state index contributed by atoms with van der Waals surface area (Å²) >= 11 is 0. The Morgan fingerprint density at radius 2 is 1.62 bits per heavy atom. The Hall–Kier alpha value is -3.35. The molecule has 0 amide bonds. The van der Waals surface area contributed by atoms with Crippen molar-refractivity contribution in [1.82, 2.24) is 14.9 Å². The average Bonchev–Trinajstić information content (AvgIpc) is 2.79. The Morgan fingerprint density at radius 1 is 0.844 bits per heavy atom. The second-order valence-corrected chi connectivity index (χ2v) is 7.59. The maximum atomic E-state index is 12.8. The van der Waals surface area contributed by atoms with E-state index in [9.17, 15) is 9.59 Å². The van der Waals surface area contributed by atoms with Gasteiger partial charge in [-0.3, -0.25) is 4.79 Å². The molecule has 0 saturated heterocycles. The lowest BCUT2D eigenvalue weighted by Crippen LogP contribution is -2.16. The third-order valence-corrected chi connectivity index (χ3v) is 4.96. The summed E-state index contributed by atoms with van der Waals surface area (Å²) in [7, 11) is 3.96. The van der Waals surface area contributed by atoms with Crippen LogP contribution >= 0.6 is 12.4 Å². The number of nitrogens with zero attached hydrogens (tertiary/aromatic N) is 3. The van der Waals surface area contributed by atoms with E-state index in [1.54, 1.807) is 48.5 Å². The van der Waals surface area contributed by atoms with E-state index in [1.807, 2.05) is 37.2 Å². The monoisotopic (exact) mass is 449 g/mol. The van der Waals surface area contributed by atoms with Crippen LogP contribution in [0.25, 0.3) is 22.1 Å². The molecule has 0 fully saturated rings. The van der Waals surface area contributed by atoms with Crippen molar-refractivity contribution in [2.24, 2.45) is 0 Å². The number of esters is 1. The molecule has 164 valence electrons. The second kappa shape index (κ2) is 10.3. The summed E-state index contributed by atoms with van der Waals surface area (Å²) in [5.41, 5.74) is 3.85. The van der Waals surface area contributed by atoms with Crippen LogP contribution in [-0.2, 0) is 4.74 Å². The van der Waals surface area contributed by atoms with Gasteiger partial charge in [0.05, 0.1) is 28.7 Å². The number of hydrogen-bond acceptors (Lipinski definition) is 6. The number of para-hydroxylation sites is 1. The van der Waals surface area contributed by atoms with E-state index in [2.05, 4.69) is 9.97 Å². The van der Waals surface area contributed by atoms with Crippen LogP contribution in [0.2, 0.25) is 0 Å². The Kier molecular flexibility index (Phi) is 7.51. The molecule has 0 spiro atoms. The maximum Gasteiger partial charge on any atom is 0.340 e. The van der Waals surface area contributed by atoms with Crippen LogP contribution in [0.1, 0.15) is 32.7 Å². The van der Waals surface area contributed by atoms with Gasteiger partial charge in [0.2, 0.25) is 0 Å². The van der Waals surface area contributed by atoms with E-state index in [0.717, 1.165) is 13.0 Å². The first-order valence-corrected chi connectivity index (χ1v) is 10.1. The standard InChI is InChI=1S/C25H23N3O3.ClH/c1-28(2)14-7-15-31-25(30)19-10-6-11-21-23(19)27-20-13-12-18(16-22(20)26-21)24(29)17-8-4-3-5-9-17;/h3-6,8-13,16H,7,14-15H2,1-2H3;1H. The van der Waals surface area contributed by atoms with Crippen LogP contribution in [0.4, 0.5) is 0 Å². The van der Waals surface area contributed by atoms with Gasteiger partial charge < -0.3 is 9.64 Å². The predicted octanol–water partition coefficient (Wildman–Crippen LogP) is 4.54. The van der Waals surface area contributed by atoms with Crippen molar-refractivity contribution < 1.29 is 14.3 Å². The molecule has 0 saturated carbocycles. The smallest absolute Gasteiger partial charge is 0.340 e. The summed E-state index contributed by atoms with van der Waals surface area (Å²) in [5.74, 6) is -0.478. The van der Waals surface area contributed by atoms with Crippen molar-refractivity contribution >= 4 is 46.2 Å². The summed E-state index contributed by atoms with van der Waals surface area (Å²) in [6, 6.07) is 19.6. The van der Waals surface area contributed by atoms with Crippen LogP contribution in [0.5, 0.6) is 0 Å². The Labute approximate surface area is 192 Å². The molecule has 0 bridgehead atoms. The number of fused-ring (bicyclic) bond motifs is 2. The summed E-state index contributed by atoms with van der Waals surface area (Å²) < 4.78 is 5.42. The SMILES string of the molecule is CN(C)CCCOC(=O)c1cccc2nc3cc(C(=O)c4ccccc4)ccc3nc12.Cl. The van der Waals surface area contributed by atoms with Crippen LogP contribution < -0.4 is 0 Å². The quantitative estimate of drug-likeness (QED) is 0.178. The van der Waals surface area contributed by atoms with E-state index >= 15 is 0 Å². The lowest BCUT2D eigenvalue weighted by molar-refractivity contribution is 0.0495. The van der Waals surface area contributed by atoms with E-state index in [0.29, 0.717) is 45.4 Å². The minimum atomic E-state index is -0.408. The van der Waals surface area contributed by atoms with Gasteiger partial charge in [-0.1, -0.05) is 36.4 Å². The molecule has 0 unspecified atom stereocenters. The highest BCUT2D eigenvalue weighted by Gasteiger charge is 2.15. The molecule has 3 aromatic carbocycles. The zero-order chi connectivity index (χ0) is 21.8. The molecule has 4 rings (SSSR count). The fourth-order valence-corrected chi connectivity index (χ4v) is 3.38. The second-order valence-electron chi connectivity index (χ2n) is 7.59. The largest absolute Gasteiger partial charge is 0.462 e. The molecule has 1 heterocycles. The molecule has 0 radical (unpaired) electrons.